The average Bonchev–Trinajstić information content (AvgIpc) is 3.16. The maximum atomic E-state index is 15.4. The summed E-state index contributed by atoms with van der Waals surface area (Å²) in [6.45, 7) is 25.2. The molecule has 2 aromatic rings. The van der Waals surface area contributed by atoms with Crippen LogP contribution in [0.2, 0.25) is 37.0 Å². The molecular weight excluding hydrogens is 978 g/mol. The predicted octanol–water partition coefficient (Wildman–Crippen LogP) is 16.0. The summed E-state index contributed by atoms with van der Waals surface area (Å²) >= 11 is -2.17. The molecule has 0 aromatic heterocycles. The van der Waals surface area contributed by atoms with Crippen molar-refractivity contribution in [2.45, 2.75) is 182 Å². The van der Waals surface area contributed by atoms with Crippen LogP contribution < -0.4 is 10.4 Å². The van der Waals surface area contributed by atoms with Gasteiger partial charge >= 0.3 is 187 Å². The minimum atomic E-state index is -6.96. The molecule has 14 heteroatoms. The molecular formula is C50H75F9O2Si2Sn. The van der Waals surface area contributed by atoms with Gasteiger partial charge in [0.15, 0.2) is 8.32 Å². The Bertz CT molecular complexity index is 1860. The van der Waals surface area contributed by atoms with Crippen LogP contribution in [0.3, 0.4) is 0 Å². The molecule has 2 aromatic carbocycles. The van der Waals surface area contributed by atoms with Crippen molar-refractivity contribution in [3.05, 3.63) is 105 Å². The summed E-state index contributed by atoms with van der Waals surface area (Å²) in [6, 6.07) is 19.3. The molecule has 0 radical (unpaired) electrons. The van der Waals surface area contributed by atoms with Crippen LogP contribution in [0.15, 0.2) is 105 Å². The van der Waals surface area contributed by atoms with Crippen LogP contribution in [0.4, 0.5) is 39.5 Å². The summed E-state index contributed by atoms with van der Waals surface area (Å²) in [4.78, 5) is 7.10. The maximum absolute atomic E-state index is 15.4. The van der Waals surface area contributed by atoms with Crippen molar-refractivity contribution < 1.29 is 48.4 Å². The van der Waals surface area contributed by atoms with Gasteiger partial charge in [0.25, 0.3) is 0 Å². The van der Waals surface area contributed by atoms with E-state index >= 15 is 8.78 Å². The van der Waals surface area contributed by atoms with E-state index in [1.54, 1.807) is 34.6 Å². The molecule has 0 saturated heterocycles. The molecule has 3 atom stereocenters. The van der Waals surface area contributed by atoms with E-state index in [9.17, 15) is 30.7 Å². The van der Waals surface area contributed by atoms with Gasteiger partial charge in [0.05, 0.1) is 0 Å². The third-order valence-corrected chi connectivity index (χ3v) is 27.0. The summed E-state index contributed by atoms with van der Waals surface area (Å²) in [5.41, 5.74) is 3.19. The number of benzene rings is 2. The quantitative estimate of drug-likeness (QED) is 0.0506. The molecule has 2 rings (SSSR count). The number of halogens is 9. The van der Waals surface area contributed by atoms with Gasteiger partial charge in [0, 0.05) is 6.42 Å². The summed E-state index contributed by atoms with van der Waals surface area (Å²) in [5.74, 6) is -19.9. The molecule has 362 valence electrons. The second-order valence-corrected chi connectivity index (χ2v) is 44.1. The molecule has 2 nitrogen and oxygen atoms in total. The smallest absolute Gasteiger partial charge is 0.0623 e. The average molecular weight is 1050 g/mol. The standard InChI is InChI=1S/C47H66F9O2Si2.3CH3.Sn/c1-15-37(10)42(58-59(33(4)5,34(6)7)29-28-44(48,49)45(50,51)46(52,53)47(54,55)56)38(11)41(27-26-35(8)31-36(9)30-32(2)3)57-60(43(12,13)14,39-22-18-16-19-23-39)40-24-20-17-21-25-40;;;;/h2,15-26,31,33-34,38,41-42H,27-30H2,1,3-14H3;3*1H3;/b32-2?,35-26+,36-31+,37-15+;;;;/t38-,41+,42-;;;;/m1..../s1. The molecule has 0 saturated carbocycles. The van der Waals surface area contributed by atoms with Gasteiger partial charge in [-0.25, -0.2) is 0 Å². The van der Waals surface area contributed by atoms with E-state index in [2.05, 4.69) is 89.9 Å². The van der Waals surface area contributed by atoms with Gasteiger partial charge in [-0.05, 0) is 31.0 Å². The fourth-order valence-corrected chi connectivity index (χ4v) is 23.0. The topological polar surface area (TPSA) is 18.5 Å². The van der Waals surface area contributed by atoms with Crippen molar-refractivity contribution in [3.63, 3.8) is 0 Å². The minimum Gasteiger partial charge on any atom is -0.0623 e. The first-order valence-electron chi connectivity index (χ1n) is 22.4. The first kappa shape index (κ1) is 58.0. The summed E-state index contributed by atoms with van der Waals surface area (Å²) in [7, 11) is -7.03. The Balaban J connectivity index is 2.93. The molecule has 0 heterocycles. The molecule has 0 spiro atoms. The molecule has 0 unspecified atom stereocenters. The molecule has 0 aliphatic heterocycles. The molecule has 64 heavy (non-hydrogen) atoms. The van der Waals surface area contributed by atoms with Crippen LogP contribution >= 0.6 is 0 Å². The van der Waals surface area contributed by atoms with Gasteiger partial charge in [-0.15, -0.1) is 0 Å². The van der Waals surface area contributed by atoms with Gasteiger partial charge in [0.2, 0.25) is 0 Å². The Labute approximate surface area is 385 Å². The molecule has 0 amide bonds. The summed E-state index contributed by atoms with van der Waals surface area (Å²) in [6.07, 6.45) is -2.87. The number of alkyl halides is 9. The Morgan fingerprint density at radius 3 is 1.55 bits per heavy atom. The Morgan fingerprint density at radius 1 is 0.688 bits per heavy atom. The first-order chi connectivity index (χ1) is 29.0. The van der Waals surface area contributed by atoms with Gasteiger partial charge in [-0.1, -0.05) is 115 Å². The fraction of sp³-hybridized carbons (Fsp3) is 0.600. The second kappa shape index (κ2) is 22.4. The third kappa shape index (κ3) is 13.8. The van der Waals surface area contributed by atoms with Gasteiger partial charge < -0.3 is 0 Å². The van der Waals surface area contributed by atoms with Crippen molar-refractivity contribution in [1.82, 2.24) is 0 Å². The summed E-state index contributed by atoms with van der Waals surface area (Å²) < 4.78 is 145. The normalized spacial score (nSPS) is 16.7. The zero-order valence-corrected chi connectivity index (χ0v) is 45.9. The number of hydrogen-bond donors (Lipinski definition) is 0. The van der Waals surface area contributed by atoms with Crippen LogP contribution in [-0.4, -0.2) is 71.2 Å². The number of rotatable bonds is 22. The molecule has 0 N–H and O–H groups in total. The molecule has 0 aliphatic carbocycles. The SMILES string of the molecule is C/C=C(\C)[C@@H](O[Si](CCC(F)(F)C(F)(F)C(F)(F)C(F)(F)F)(C(C)C)C(C)C)[C@H](C)[C@H](C/C=C(C)/C=C(\C)C/C(C)=[CH]/[Sn]([CH3])([CH3])[CH3])O[Si](c1ccccc1)(c1ccccc1)C(C)(C)C. The Kier molecular flexibility index (Phi) is 20.3. The molecule has 0 aliphatic rings. The Morgan fingerprint density at radius 2 is 1.16 bits per heavy atom. The second-order valence-electron chi connectivity index (χ2n) is 20.6. The van der Waals surface area contributed by atoms with Crippen LogP contribution in [0.5, 0.6) is 0 Å². The van der Waals surface area contributed by atoms with E-state index in [4.69, 9.17) is 8.85 Å². The number of hydrogen-bond acceptors (Lipinski definition) is 2. The van der Waals surface area contributed by atoms with Crippen molar-refractivity contribution >= 4 is 45.4 Å². The fourth-order valence-electron chi connectivity index (χ4n) is 9.02. The van der Waals surface area contributed by atoms with E-state index in [0.717, 1.165) is 22.4 Å². The van der Waals surface area contributed by atoms with Crippen LogP contribution in [0, 0.1) is 5.92 Å². The van der Waals surface area contributed by atoms with Crippen molar-refractivity contribution in [1.29, 1.82) is 0 Å². The van der Waals surface area contributed by atoms with E-state index in [0.29, 0.717) is 12.0 Å². The third-order valence-electron chi connectivity index (χ3n) is 12.4. The van der Waals surface area contributed by atoms with Gasteiger partial charge in [-0.3, -0.25) is 0 Å². The van der Waals surface area contributed by atoms with Crippen molar-refractivity contribution in [2.75, 3.05) is 0 Å². The van der Waals surface area contributed by atoms with Crippen molar-refractivity contribution in [2.24, 2.45) is 5.92 Å². The first-order valence-corrected chi connectivity index (χ1v) is 36.7. The van der Waals surface area contributed by atoms with Crippen LogP contribution in [0.1, 0.15) is 109 Å². The van der Waals surface area contributed by atoms with Crippen molar-refractivity contribution in [3.8, 4) is 0 Å². The minimum absolute atomic E-state index is 0.403. The van der Waals surface area contributed by atoms with E-state index in [1.165, 1.54) is 11.1 Å². The van der Waals surface area contributed by atoms with Crippen LogP contribution in [0.25, 0.3) is 0 Å². The Hall–Kier alpha value is -2.08. The predicted molar refractivity (Wildman–Crippen MR) is 256 cm³/mol. The van der Waals surface area contributed by atoms with E-state index in [1.807, 2.05) is 63.2 Å². The van der Waals surface area contributed by atoms with Crippen LogP contribution in [-0.2, 0) is 8.85 Å². The zero-order valence-electron chi connectivity index (χ0n) is 41.0. The monoisotopic (exact) mass is 1050 g/mol. The molecule has 0 bridgehead atoms. The summed E-state index contributed by atoms with van der Waals surface area (Å²) in [5, 5.41) is 1.61. The molecule has 0 fully saturated rings. The van der Waals surface area contributed by atoms with Gasteiger partial charge in [0.1, 0.15) is 0 Å². The van der Waals surface area contributed by atoms with E-state index in [-0.39, 0.29) is 0 Å². The zero-order chi connectivity index (χ0) is 49.5. The van der Waals surface area contributed by atoms with E-state index < -0.39 is 106 Å². The van der Waals surface area contributed by atoms with Gasteiger partial charge in [-0.2, -0.15) is 39.5 Å². The number of allylic oxidation sites excluding steroid dienone is 5.